The predicted molar refractivity (Wildman–Crippen MR) is 258 cm³/mol. The molecule has 11 heteroatoms. The fraction of sp³-hybridized carbons (Fsp3) is 0.867. The second-order valence-electron chi connectivity index (χ2n) is 23.6. The van der Waals surface area contributed by atoms with E-state index in [2.05, 4.69) is 180 Å². The Morgan fingerprint density at radius 2 is 1.11 bits per heavy atom. The zero-order chi connectivity index (χ0) is 42.9. The molecule has 0 bridgehead atoms. The molecule has 4 atom stereocenters. The molecule has 0 spiro atoms. The number of halogens is 1. The zero-order valence-electron chi connectivity index (χ0n) is 40.1. The fourth-order valence-electron chi connectivity index (χ4n) is 6.45. The summed E-state index contributed by atoms with van der Waals surface area (Å²) in [7, 11) is -8.69. The van der Waals surface area contributed by atoms with Gasteiger partial charge in [0, 0.05) is 23.2 Å². The van der Waals surface area contributed by atoms with Gasteiger partial charge in [0.05, 0.1) is 31.0 Å². The van der Waals surface area contributed by atoms with Crippen LogP contribution in [0.25, 0.3) is 0 Å². The third-order valence-electron chi connectivity index (χ3n) is 14.8. The van der Waals surface area contributed by atoms with Crippen molar-refractivity contribution in [3.05, 3.63) is 28.2 Å². The van der Waals surface area contributed by atoms with Crippen molar-refractivity contribution in [3.8, 4) is 0 Å². The lowest BCUT2D eigenvalue weighted by atomic mass is 9.94. The van der Waals surface area contributed by atoms with Crippen LogP contribution in [0.5, 0.6) is 0 Å². The molecular formula is C45H89BrN2O4Si4. The summed E-state index contributed by atoms with van der Waals surface area (Å²) in [5, 5.41) is 4.05. The summed E-state index contributed by atoms with van der Waals surface area (Å²) in [6.45, 7) is 51.1. The van der Waals surface area contributed by atoms with Crippen LogP contribution in [0.3, 0.4) is 0 Å². The van der Waals surface area contributed by atoms with Crippen molar-refractivity contribution in [1.82, 2.24) is 4.90 Å². The van der Waals surface area contributed by atoms with E-state index in [-0.39, 0.29) is 44.5 Å². The summed E-state index contributed by atoms with van der Waals surface area (Å²) >= 11 is 3.74. The van der Waals surface area contributed by atoms with Crippen LogP contribution >= 0.6 is 15.9 Å². The molecule has 2 fully saturated rings. The topological polar surface area (TPSA) is 52.2 Å². The Balaban J connectivity index is 1.96. The van der Waals surface area contributed by atoms with E-state index in [4.69, 9.17) is 17.7 Å². The number of hydrogen-bond donors (Lipinski definition) is 1. The van der Waals surface area contributed by atoms with E-state index in [0.29, 0.717) is 6.61 Å². The first-order valence-corrected chi connectivity index (χ1v) is 34.6. The molecule has 2 aliphatic rings. The van der Waals surface area contributed by atoms with E-state index in [1.807, 2.05) is 0 Å². The molecular weight excluding hydrogens is 825 g/mol. The molecule has 0 amide bonds. The molecule has 1 saturated heterocycles. The Labute approximate surface area is 359 Å². The number of likely N-dealkylation sites (tertiary alicyclic amines) is 1. The minimum absolute atomic E-state index is 0.0563. The second kappa shape index (κ2) is 18.6. The van der Waals surface area contributed by atoms with Gasteiger partial charge in [-0.2, -0.15) is 0 Å². The molecule has 1 aromatic carbocycles. The summed E-state index contributed by atoms with van der Waals surface area (Å²) in [5.74, 6) is 0.756. The second-order valence-corrected chi connectivity index (χ2v) is 43.6. The molecule has 1 heterocycles. The van der Waals surface area contributed by atoms with Gasteiger partial charge in [-0.05, 0) is 134 Å². The molecule has 3 unspecified atom stereocenters. The molecule has 1 saturated carbocycles. The highest BCUT2D eigenvalue weighted by Gasteiger charge is 2.55. The number of nitrogens with zero attached hydrogens (tertiary/aromatic N) is 1. The van der Waals surface area contributed by atoms with E-state index in [1.165, 1.54) is 47.8 Å². The van der Waals surface area contributed by atoms with Gasteiger partial charge in [0.1, 0.15) is 0 Å². The molecule has 0 aromatic heterocycles. The van der Waals surface area contributed by atoms with Gasteiger partial charge in [-0.3, -0.25) is 4.90 Å². The summed E-state index contributed by atoms with van der Waals surface area (Å²) in [5.41, 5.74) is 2.72. The monoisotopic (exact) mass is 913 g/mol. The maximum absolute atomic E-state index is 7.73. The lowest BCUT2D eigenvalue weighted by molar-refractivity contribution is -0.128. The van der Waals surface area contributed by atoms with Crippen molar-refractivity contribution in [1.29, 1.82) is 0 Å². The van der Waals surface area contributed by atoms with Gasteiger partial charge < -0.3 is 23.0 Å². The number of hydrogen-bond acceptors (Lipinski definition) is 6. The van der Waals surface area contributed by atoms with Crippen molar-refractivity contribution in [2.45, 2.75) is 224 Å². The SMILES string of the molecule is CC(C)(C)[Si](C)(C)OC[C@@H]1C(O[Si](C)(C)C(C)(C)C)C(O[Si](C)(C)C(C)(C)C)C(O[Si](C)(C)C(C)(C)C)CN1CCCCCCNc1cc(Br)cc(C2CC2)c1. The maximum Gasteiger partial charge on any atom is 0.192 e. The van der Waals surface area contributed by atoms with E-state index in [9.17, 15) is 0 Å². The normalized spacial score (nSPS) is 22.8. The summed E-state index contributed by atoms with van der Waals surface area (Å²) in [6, 6.07) is 6.96. The lowest BCUT2D eigenvalue weighted by Gasteiger charge is -2.56. The Bertz CT molecular complexity index is 1410. The van der Waals surface area contributed by atoms with Crippen LogP contribution in [0.4, 0.5) is 5.69 Å². The minimum Gasteiger partial charge on any atom is -0.415 e. The minimum atomic E-state index is -2.24. The van der Waals surface area contributed by atoms with E-state index in [0.717, 1.165) is 32.0 Å². The number of unbranched alkanes of at least 4 members (excludes halogenated alkanes) is 3. The van der Waals surface area contributed by atoms with Crippen molar-refractivity contribution in [2.24, 2.45) is 0 Å². The van der Waals surface area contributed by atoms with Gasteiger partial charge in [-0.25, -0.2) is 0 Å². The molecule has 1 aromatic rings. The molecule has 326 valence electrons. The molecule has 6 nitrogen and oxygen atoms in total. The number of anilines is 1. The smallest absolute Gasteiger partial charge is 0.192 e. The Morgan fingerprint density at radius 1 is 0.625 bits per heavy atom. The predicted octanol–water partition coefficient (Wildman–Crippen LogP) is 14.2. The molecule has 1 N–H and O–H groups in total. The highest BCUT2D eigenvalue weighted by molar-refractivity contribution is 9.10. The van der Waals surface area contributed by atoms with E-state index < -0.39 is 33.3 Å². The van der Waals surface area contributed by atoms with Crippen LogP contribution in [0.15, 0.2) is 22.7 Å². The largest absolute Gasteiger partial charge is 0.415 e. The van der Waals surface area contributed by atoms with Crippen molar-refractivity contribution < 1.29 is 17.7 Å². The molecule has 1 aliphatic carbocycles. The average Bonchev–Trinajstić information content (AvgIpc) is 3.85. The maximum atomic E-state index is 7.73. The van der Waals surface area contributed by atoms with Crippen LogP contribution in [-0.2, 0) is 17.7 Å². The van der Waals surface area contributed by atoms with Crippen LogP contribution in [0.2, 0.25) is 72.5 Å². The fourth-order valence-corrected chi connectivity index (χ4v) is 11.9. The summed E-state index contributed by atoms with van der Waals surface area (Å²) < 4.78 is 31.3. The van der Waals surface area contributed by atoms with E-state index >= 15 is 0 Å². The van der Waals surface area contributed by atoms with Crippen LogP contribution in [0.1, 0.15) is 133 Å². The van der Waals surface area contributed by atoms with Crippen molar-refractivity contribution in [2.75, 3.05) is 31.6 Å². The number of piperidine rings is 1. The zero-order valence-corrected chi connectivity index (χ0v) is 45.7. The van der Waals surface area contributed by atoms with Gasteiger partial charge in [0.25, 0.3) is 0 Å². The first kappa shape index (κ1) is 50.5. The standard InChI is InChI=1S/C45H89BrN2O4Si4/c1-42(2,3)53(13,14)49-33-38-40(51-55(17,18)44(7,8)9)41(52-56(19,20)45(10,11)12)39(50-54(15,16)43(4,5)6)32-48(38)28-24-22-21-23-27-47-37-30-35(34-25-26-34)29-36(46)31-37/h29-31,34,38-41,47H,21-28,32-33H2,1-20H3/t38-,39?,40?,41?/m1/s1. The molecule has 56 heavy (non-hydrogen) atoms. The third-order valence-corrected chi connectivity index (χ3v) is 33.2. The Kier molecular flexibility index (Phi) is 16.8. The van der Waals surface area contributed by atoms with Gasteiger partial charge in [-0.15, -0.1) is 0 Å². The van der Waals surface area contributed by atoms with Crippen molar-refractivity contribution >= 4 is 54.9 Å². The number of rotatable bonds is 18. The summed E-state index contributed by atoms with van der Waals surface area (Å²) in [6.07, 6.45) is 7.00. The van der Waals surface area contributed by atoms with Gasteiger partial charge in [-0.1, -0.05) is 112 Å². The first-order valence-electron chi connectivity index (χ1n) is 22.1. The van der Waals surface area contributed by atoms with Crippen molar-refractivity contribution in [3.63, 3.8) is 0 Å². The van der Waals surface area contributed by atoms with Gasteiger partial charge in [0.2, 0.25) is 0 Å². The van der Waals surface area contributed by atoms with E-state index in [1.54, 1.807) is 0 Å². The number of benzene rings is 1. The van der Waals surface area contributed by atoms with Gasteiger partial charge >= 0.3 is 0 Å². The molecule has 0 radical (unpaired) electrons. The Morgan fingerprint density at radius 3 is 1.61 bits per heavy atom. The first-order chi connectivity index (χ1) is 25.2. The van der Waals surface area contributed by atoms with Crippen LogP contribution in [0, 0.1) is 0 Å². The van der Waals surface area contributed by atoms with Crippen LogP contribution in [-0.4, -0.2) is 88.8 Å². The highest BCUT2D eigenvalue weighted by Crippen LogP contribution is 2.46. The van der Waals surface area contributed by atoms with Crippen LogP contribution < -0.4 is 5.32 Å². The Hall–Kier alpha value is 0.168. The average molecular weight is 914 g/mol. The summed E-state index contributed by atoms with van der Waals surface area (Å²) in [4.78, 5) is 2.73. The molecule has 3 rings (SSSR count). The lowest BCUT2D eigenvalue weighted by Crippen LogP contribution is -2.70. The van der Waals surface area contributed by atoms with Gasteiger partial charge in [0.15, 0.2) is 33.3 Å². The third kappa shape index (κ3) is 13.6. The quantitative estimate of drug-likeness (QED) is 0.117. The molecule has 1 aliphatic heterocycles. The number of nitrogens with one attached hydrogen (secondary N) is 1. The highest BCUT2D eigenvalue weighted by atomic mass is 79.9.